The van der Waals surface area contributed by atoms with Gasteiger partial charge in [0, 0.05) is 23.7 Å². The van der Waals surface area contributed by atoms with E-state index in [-0.39, 0.29) is 21.9 Å². The van der Waals surface area contributed by atoms with Gasteiger partial charge in [0.05, 0.1) is 4.92 Å². The van der Waals surface area contributed by atoms with Gasteiger partial charge < -0.3 is 0 Å². The van der Waals surface area contributed by atoms with Crippen LogP contribution in [0.5, 0.6) is 0 Å². The van der Waals surface area contributed by atoms with E-state index in [9.17, 15) is 14.9 Å². The van der Waals surface area contributed by atoms with Gasteiger partial charge in [-0.1, -0.05) is 18.1 Å². The molecule has 2 aromatic rings. The second kappa shape index (κ2) is 7.55. The summed E-state index contributed by atoms with van der Waals surface area (Å²) in [5.74, 6) is -0.249. The van der Waals surface area contributed by atoms with Gasteiger partial charge in [0.15, 0.2) is 5.11 Å². The lowest BCUT2D eigenvalue weighted by molar-refractivity contribution is -0.385. The molecule has 0 atom stereocenters. The third kappa shape index (κ3) is 3.87. The number of aryl methyl sites for hydroxylation is 1. The molecule has 0 aliphatic carbocycles. The Morgan fingerprint density at radius 2 is 2.21 bits per heavy atom. The zero-order valence-electron chi connectivity index (χ0n) is 13.0. The van der Waals surface area contributed by atoms with Crippen LogP contribution in [0.3, 0.4) is 0 Å². The van der Waals surface area contributed by atoms with Crippen molar-refractivity contribution in [2.24, 2.45) is 0 Å². The van der Waals surface area contributed by atoms with Gasteiger partial charge in [-0.05, 0) is 42.1 Å². The Morgan fingerprint density at radius 3 is 2.88 bits per heavy atom. The number of nitro benzene ring substituents is 1. The van der Waals surface area contributed by atoms with Gasteiger partial charge in [-0.15, -0.1) is 0 Å². The molecule has 10 nitrogen and oxygen atoms in total. The van der Waals surface area contributed by atoms with E-state index >= 15 is 0 Å². The largest absolute Gasteiger partial charge is 0.300 e. The molecule has 0 fully saturated rings. The summed E-state index contributed by atoms with van der Waals surface area (Å²) >= 11 is 5.06. The molecule has 11 heteroatoms. The van der Waals surface area contributed by atoms with Crippen LogP contribution < -0.4 is 10.6 Å². The number of carbonyl (C=O) groups is 1. The average molecular weight is 349 g/mol. The molecule has 1 heterocycles. The van der Waals surface area contributed by atoms with Gasteiger partial charge in [-0.25, -0.2) is 4.68 Å². The van der Waals surface area contributed by atoms with Gasteiger partial charge in [0.25, 0.3) is 11.6 Å². The standard InChI is InChI=1S/C13H15N7O3S/c1-3-7-19-12(16-17-18-19)15-13(24)14-11(21)9-5-4-6-10(8(9)2)20(22)23/h4-6H,3,7H2,1-2H3,(H2,14,15,16,18,21,24). The van der Waals surface area contributed by atoms with Crippen molar-refractivity contribution >= 4 is 34.9 Å². The van der Waals surface area contributed by atoms with E-state index in [0.29, 0.717) is 12.5 Å². The van der Waals surface area contributed by atoms with Crippen LogP contribution in [0.4, 0.5) is 11.6 Å². The number of tetrazole rings is 1. The lowest BCUT2D eigenvalue weighted by Crippen LogP contribution is -2.35. The Kier molecular flexibility index (Phi) is 5.47. The summed E-state index contributed by atoms with van der Waals surface area (Å²) in [5.41, 5.74) is 0.300. The molecular formula is C13H15N7O3S. The number of hydrogen-bond donors (Lipinski definition) is 2. The highest BCUT2D eigenvalue weighted by Crippen LogP contribution is 2.20. The Bertz CT molecular complexity index is 790. The maximum atomic E-state index is 12.3. The molecule has 0 saturated carbocycles. The number of carbonyl (C=O) groups excluding carboxylic acids is 1. The summed E-state index contributed by atoms with van der Waals surface area (Å²) in [7, 11) is 0. The molecular weight excluding hydrogens is 334 g/mol. The fourth-order valence-corrected chi connectivity index (χ4v) is 2.21. The fourth-order valence-electron chi connectivity index (χ4n) is 2.03. The van der Waals surface area contributed by atoms with E-state index < -0.39 is 10.8 Å². The van der Waals surface area contributed by atoms with Crippen molar-refractivity contribution in [3.63, 3.8) is 0 Å². The summed E-state index contributed by atoms with van der Waals surface area (Å²) in [4.78, 5) is 22.7. The minimum Gasteiger partial charge on any atom is -0.300 e. The number of nitrogens with one attached hydrogen (secondary N) is 2. The Balaban J connectivity index is 2.09. The second-order valence-corrected chi connectivity index (χ2v) is 5.25. The third-order valence-electron chi connectivity index (χ3n) is 3.17. The van der Waals surface area contributed by atoms with E-state index in [1.54, 1.807) is 0 Å². The number of benzene rings is 1. The van der Waals surface area contributed by atoms with Crippen molar-refractivity contribution in [3.05, 3.63) is 39.4 Å². The molecule has 0 aliphatic rings. The maximum absolute atomic E-state index is 12.3. The number of anilines is 1. The first kappa shape index (κ1) is 17.4. The summed E-state index contributed by atoms with van der Waals surface area (Å²) in [6.45, 7) is 4.07. The van der Waals surface area contributed by atoms with Crippen LogP contribution in [0.15, 0.2) is 18.2 Å². The van der Waals surface area contributed by atoms with E-state index in [4.69, 9.17) is 12.2 Å². The van der Waals surface area contributed by atoms with Crippen molar-refractivity contribution < 1.29 is 9.72 Å². The van der Waals surface area contributed by atoms with E-state index in [1.807, 2.05) is 6.92 Å². The molecule has 0 aliphatic heterocycles. The predicted molar refractivity (Wildman–Crippen MR) is 89.6 cm³/mol. The molecule has 2 N–H and O–H groups in total. The van der Waals surface area contributed by atoms with Gasteiger partial charge in [0.2, 0.25) is 5.95 Å². The van der Waals surface area contributed by atoms with Crippen LogP contribution >= 0.6 is 12.2 Å². The number of amides is 1. The summed E-state index contributed by atoms with van der Waals surface area (Å²) in [5, 5.41) is 27.2. The van der Waals surface area contributed by atoms with Crippen molar-refractivity contribution in [1.29, 1.82) is 0 Å². The average Bonchev–Trinajstić information content (AvgIpc) is 2.94. The normalized spacial score (nSPS) is 10.2. The molecule has 1 aromatic heterocycles. The van der Waals surface area contributed by atoms with Crippen molar-refractivity contribution in [3.8, 4) is 0 Å². The molecule has 126 valence electrons. The highest BCUT2D eigenvalue weighted by atomic mass is 32.1. The Labute approximate surface area is 142 Å². The number of thiocarbonyl (C=S) groups is 1. The molecule has 2 rings (SSSR count). The second-order valence-electron chi connectivity index (χ2n) is 4.84. The van der Waals surface area contributed by atoms with Gasteiger partial charge in [-0.3, -0.25) is 25.5 Å². The van der Waals surface area contributed by atoms with E-state index in [2.05, 4.69) is 26.2 Å². The SMILES string of the molecule is CCCn1nnnc1NC(=S)NC(=O)c1cccc([N+](=O)[O-])c1C. The molecule has 0 radical (unpaired) electrons. The monoisotopic (exact) mass is 349 g/mol. The van der Waals surface area contributed by atoms with Crippen LogP contribution in [0, 0.1) is 17.0 Å². The molecule has 0 saturated heterocycles. The summed E-state index contributed by atoms with van der Waals surface area (Å²) in [6, 6.07) is 4.27. The van der Waals surface area contributed by atoms with Gasteiger partial charge in [0.1, 0.15) is 0 Å². The highest BCUT2D eigenvalue weighted by molar-refractivity contribution is 7.80. The number of hydrogen-bond acceptors (Lipinski definition) is 7. The van der Waals surface area contributed by atoms with Gasteiger partial charge in [-0.2, -0.15) is 0 Å². The van der Waals surface area contributed by atoms with Crippen LogP contribution in [-0.4, -0.2) is 36.2 Å². The van der Waals surface area contributed by atoms with Crippen molar-refractivity contribution in [1.82, 2.24) is 25.5 Å². The number of nitrogens with zero attached hydrogens (tertiary/aromatic N) is 5. The Hall–Kier alpha value is -2.95. The minimum absolute atomic E-state index is 0.00180. The minimum atomic E-state index is -0.553. The molecule has 1 amide bonds. The zero-order chi connectivity index (χ0) is 17.7. The summed E-state index contributed by atoms with van der Waals surface area (Å²) < 4.78 is 1.51. The van der Waals surface area contributed by atoms with Gasteiger partial charge >= 0.3 is 0 Å². The molecule has 0 bridgehead atoms. The van der Waals surface area contributed by atoms with E-state index in [1.165, 1.54) is 29.8 Å². The highest BCUT2D eigenvalue weighted by Gasteiger charge is 2.19. The molecule has 24 heavy (non-hydrogen) atoms. The van der Waals surface area contributed by atoms with Crippen molar-refractivity contribution in [2.75, 3.05) is 5.32 Å². The molecule has 1 aromatic carbocycles. The van der Waals surface area contributed by atoms with Crippen LogP contribution in [0.2, 0.25) is 0 Å². The first-order valence-corrected chi connectivity index (χ1v) is 7.47. The number of rotatable bonds is 5. The number of nitro groups is 1. The van der Waals surface area contributed by atoms with Crippen LogP contribution in [-0.2, 0) is 6.54 Å². The first-order valence-electron chi connectivity index (χ1n) is 7.06. The number of aromatic nitrogens is 4. The van der Waals surface area contributed by atoms with E-state index in [0.717, 1.165) is 6.42 Å². The topological polar surface area (TPSA) is 128 Å². The fraction of sp³-hybridized carbons (Fsp3) is 0.308. The predicted octanol–water partition coefficient (Wildman–Crippen LogP) is 1.43. The lowest BCUT2D eigenvalue weighted by atomic mass is 10.1. The smallest absolute Gasteiger partial charge is 0.273 e. The summed E-state index contributed by atoms with van der Waals surface area (Å²) in [6.07, 6.45) is 0.825. The molecule has 0 unspecified atom stereocenters. The first-order chi connectivity index (χ1) is 11.4. The zero-order valence-corrected chi connectivity index (χ0v) is 13.8. The van der Waals surface area contributed by atoms with Crippen LogP contribution in [0.25, 0.3) is 0 Å². The third-order valence-corrected chi connectivity index (χ3v) is 3.37. The maximum Gasteiger partial charge on any atom is 0.273 e. The molecule has 0 spiro atoms. The van der Waals surface area contributed by atoms with Crippen LogP contribution in [0.1, 0.15) is 29.3 Å². The quantitative estimate of drug-likeness (QED) is 0.471. The Morgan fingerprint density at radius 1 is 1.46 bits per heavy atom. The van der Waals surface area contributed by atoms with Crippen molar-refractivity contribution in [2.45, 2.75) is 26.8 Å². The lowest BCUT2D eigenvalue weighted by Gasteiger charge is -2.10.